The predicted molar refractivity (Wildman–Crippen MR) is 136 cm³/mol. The van der Waals surface area contributed by atoms with E-state index < -0.39 is 6.10 Å². The Morgan fingerprint density at radius 2 is 1.97 bits per heavy atom. The van der Waals surface area contributed by atoms with Gasteiger partial charge in [-0.25, -0.2) is 14.7 Å². The minimum atomic E-state index is -0.590. The zero-order valence-electron chi connectivity index (χ0n) is 17.1. The molecule has 0 spiro atoms. The second-order valence-electron chi connectivity index (χ2n) is 6.78. The molecule has 0 saturated heterocycles. The maximum Gasteiger partial charge on any atom is 0.191 e. The average molecular weight is 548 g/mol. The molecule has 0 aliphatic rings. The first kappa shape index (κ1) is 23.2. The summed E-state index contributed by atoms with van der Waals surface area (Å²) in [6, 6.07) is 18.2. The van der Waals surface area contributed by atoms with E-state index in [2.05, 4.69) is 37.8 Å². The number of aliphatic hydroxyl groups is 1. The molecule has 162 valence electrons. The van der Waals surface area contributed by atoms with Crippen LogP contribution in [0.3, 0.4) is 0 Å². The molecule has 2 aromatic heterocycles. The van der Waals surface area contributed by atoms with Gasteiger partial charge in [-0.3, -0.25) is 0 Å². The number of aliphatic imine (C=N–C) groups is 1. The molecule has 2 aromatic carbocycles. The van der Waals surface area contributed by atoms with Crippen LogP contribution >= 0.6 is 35.3 Å². The fraction of sp³-hybridized carbons (Fsp3) is 0.227. The summed E-state index contributed by atoms with van der Waals surface area (Å²) in [5, 5.41) is 22.4. The molecule has 0 saturated carbocycles. The number of thiophene rings is 1. The number of halogens is 1. The molecule has 31 heavy (non-hydrogen) atoms. The molecule has 0 aliphatic heterocycles. The highest BCUT2D eigenvalue weighted by Gasteiger charge is 2.12. The molecule has 9 heteroatoms. The van der Waals surface area contributed by atoms with Crippen molar-refractivity contribution in [1.29, 1.82) is 0 Å². The molecular weight excluding hydrogens is 523 g/mol. The molecule has 1 atom stereocenters. The third-order valence-electron chi connectivity index (χ3n) is 4.62. The van der Waals surface area contributed by atoms with Crippen molar-refractivity contribution in [2.45, 2.75) is 19.6 Å². The van der Waals surface area contributed by atoms with Gasteiger partial charge in [0.2, 0.25) is 0 Å². The van der Waals surface area contributed by atoms with Gasteiger partial charge in [0, 0.05) is 22.7 Å². The minimum Gasteiger partial charge on any atom is -0.386 e. The predicted octanol–water partition coefficient (Wildman–Crippen LogP) is 3.89. The van der Waals surface area contributed by atoms with Crippen LogP contribution in [0, 0.1) is 0 Å². The van der Waals surface area contributed by atoms with E-state index in [1.807, 2.05) is 49.4 Å². The maximum absolute atomic E-state index is 10.6. The third-order valence-corrected chi connectivity index (χ3v) is 5.84. The number of rotatable bonds is 7. The van der Waals surface area contributed by atoms with Crippen molar-refractivity contribution in [2.24, 2.45) is 4.99 Å². The summed E-state index contributed by atoms with van der Waals surface area (Å²) in [7, 11) is 0. The van der Waals surface area contributed by atoms with Crippen LogP contribution in [0.2, 0.25) is 0 Å². The van der Waals surface area contributed by atoms with Gasteiger partial charge in [0.15, 0.2) is 5.96 Å². The zero-order valence-corrected chi connectivity index (χ0v) is 20.2. The molecular formula is C22H25IN6OS. The molecule has 4 rings (SSSR count). The lowest BCUT2D eigenvalue weighted by Gasteiger charge is -2.14. The molecule has 2 heterocycles. The number of benzene rings is 2. The van der Waals surface area contributed by atoms with Crippen molar-refractivity contribution in [1.82, 2.24) is 25.4 Å². The average Bonchev–Trinajstić information content (AvgIpc) is 3.46. The highest BCUT2D eigenvalue weighted by molar-refractivity contribution is 14.0. The Morgan fingerprint density at radius 3 is 2.68 bits per heavy atom. The Labute approximate surface area is 202 Å². The molecule has 0 aliphatic carbocycles. The standard InChI is InChI=1S/C22H24N6OS.HI/c1-2-24-22(25-12-16-7-9-18(10-8-16)28-15-23-14-27-28)26-13-19(29)21-11-17-5-3-4-6-20(17)30-21;/h3-11,14-15,19,29H,2,12-13H2,1H3,(H2,24,25,26);1H. The molecule has 1 unspecified atom stereocenters. The van der Waals surface area contributed by atoms with E-state index in [1.165, 1.54) is 11.0 Å². The van der Waals surface area contributed by atoms with Crippen molar-refractivity contribution in [2.75, 3.05) is 13.1 Å². The molecule has 0 amide bonds. The van der Waals surface area contributed by atoms with Crippen LogP contribution < -0.4 is 10.6 Å². The lowest BCUT2D eigenvalue weighted by molar-refractivity contribution is 0.184. The van der Waals surface area contributed by atoms with Crippen LogP contribution in [0.4, 0.5) is 0 Å². The quantitative estimate of drug-likeness (QED) is 0.185. The van der Waals surface area contributed by atoms with Crippen LogP contribution in [0.25, 0.3) is 15.8 Å². The monoisotopic (exact) mass is 548 g/mol. The molecule has 7 nitrogen and oxygen atoms in total. The Bertz CT molecular complexity index is 1080. The van der Waals surface area contributed by atoms with E-state index in [-0.39, 0.29) is 24.0 Å². The van der Waals surface area contributed by atoms with Crippen LogP contribution in [-0.4, -0.2) is 38.9 Å². The van der Waals surface area contributed by atoms with E-state index in [0.29, 0.717) is 19.0 Å². The van der Waals surface area contributed by atoms with Gasteiger partial charge >= 0.3 is 0 Å². The summed E-state index contributed by atoms with van der Waals surface area (Å²) in [5.41, 5.74) is 2.04. The Morgan fingerprint density at radius 1 is 1.16 bits per heavy atom. The van der Waals surface area contributed by atoms with Gasteiger partial charge in [-0.2, -0.15) is 5.10 Å². The summed E-state index contributed by atoms with van der Waals surface area (Å²) in [6.07, 6.45) is 2.59. The second kappa shape index (κ2) is 11.2. The number of fused-ring (bicyclic) bond motifs is 1. The summed E-state index contributed by atoms with van der Waals surface area (Å²) >= 11 is 1.62. The highest BCUT2D eigenvalue weighted by atomic mass is 127. The Balaban J connectivity index is 0.00000272. The first-order chi connectivity index (χ1) is 14.7. The summed E-state index contributed by atoms with van der Waals surface area (Å²) in [6.45, 7) is 3.69. The number of nitrogens with one attached hydrogen (secondary N) is 2. The Kier molecular flexibility index (Phi) is 8.38. The lowest BCUT2D eigenvalue weighted by atomic mass is 10.2. The smallest absolute Gasteiger partial charge is 0.191 e. The van der Waals surface area contributed by atoms with Crippen molar-refractivity contribution >= 4 is 51.4 Å². The number of nitrogens with zero attached hydrogens (tertiary/aromatic N) is 4. The van der Waals surface area contributed by atoms with E-state index in [0.717, 1.165) is 28.1 Å². The number of hydrogen-bond acceptors (Lipinski definition) is 5. The van der Waals surface area contributed by atoms with Gasteiger partial charge < -0.3 is 15.7 Å². The van der Waals surface area contributed by atoms with E-state index in [9.17, 15) is 5.11 Å². The van der Waals surface area contributed by atoms with E-state index in [4.69, 9.17) is 0 Å². The second-order valence-corrected chi connectivity index (χ2v) is 7.90. The minimum absolute atomic E-state index is 0. The molecule has 4 aromatic rings. The molecule has 3 N–H and O–H groups in total. The topological polar surface area (TPSA) is 87.4 Å². The van der Waals surface area contributed by atoms with Crippen molar-refractivity contribution in [3.05, 3.63) is 77.7 Å². The van der Waals surface area contributed by atoms with E-state index >= 15 is 0 Å². The Hall–Kier alpha value is -2.50. The van der Waals surface area contributed by atoms with Gasteiger partial charge in [-0.1, -0.05) is 30.3 Å². The lowest BCUT2D eigenvalue weighted by Crippen LogP contribution is -2.39. The van der Waals surface area contributed by atoms with Gasteiger partial charge in [0.1, 0.15) is 18.8 Å². The number of guanidine groups is 1. The van der Waals surface area contributed by atoms with Crippen LogP contribution in [0.15, 0.2) is 72.2 Å². The first-order valence-corrected chi connectivity index (χ1v) is 10.7. The summed E-state index contributed by atoms with van der Waals surface area (Å²) in [4.78, 5) is 9.55. The fourth-order valence-corrected chi connectivity index (χ4v) is 4.12. The largest absolute Gasteiger partial charge is 0.386 e. The van der Waals surface area contributed by atoms with Crippen LogP contribution in [-0.2, 0) is 6.54 Å². The van der Waals surface area contributed by atoms with Gasteiger partial charge in [-0.05, 0) is 42.1 Å². The molecule has 0 fully saturated rings. The van der Waals surface area contributed by atoms with Gasteiger partial charge in [0.05, 0.1) is 12.2 Å². The maximum atomic E-state index is 10.6. The normalized spacial score (nSPS) is 12.4. The van der Waals surface area contributed by atoms with Gasteiger partial charge in [-0.15, -0.1) is 35.3 Å². The van der Waals surface area contributed by atoms with E-state index in [1.54, 1.807) is 22.3 Å². The van der Waals surface area contributed by atoms with Crippen LogP contribution in [0.5, 0.6) is 0 Å². The van der Waals surface area contributed by atoms with Crippen molar-refractivity contribution in [3.63, 3.8) is 0 Å². The van der Waals surface area contributed by atoms with Gasteiger partial charge in [0.25, 0.3) is 0 Å². The third kappa shape index (κ3) is 6.02. The fourth-order valence-electron chi connectivity index (χ4n) is 3.07. The van der Waals surface area contributed by atoms with Crippen LogP contribution in [0.1, 0.15) is 23.5 Å². The summed E-state index contributed by atoms with van der Waals surface area (Å²) < 4.78 is 2.90. The summed E-state index contributed by atoms with van der Waals surface area (Å²) in [5.74, 6) is 0.679. The number of hydrogen-bond donors (Lipinski definition) is 3. The highest BCUT2D eigenvalue weighted by Crippen LogP contribution is 2.29. The number of aliphatic hydroxyl groups excluding tert-OH is 1. The number of aromatic nitrogens is 3. The zero-order chi connectivity index (χ0) is 20.8. The SMILES string of the molecule is CCNC(=NCc1ccc(-n2cncn2)cc1)NCC(O)c1cc2ccccc2s1.I. The van der Waals surface area contributed by atoms with Crippen molar-refractivity contribution in [3.8, 4) is 5.69 Å². The molecule has 0 bridgehead atoms. The molecule has 0 radical (unpaired) electrons. The first-order valence-electron chi connectivity index (χ1n) is 9.85. The van der Waals surface area contributed by atoms with Crippen molar-refractivity contribution < 1.29 is 5.11 Å².